The number of hydrogen-bond donors (Lipinski definition) is 2. The summed E-state index contributed by atoms with van der Waals surface area (Å²) in [4.78, 5) is 29.8. The molecule has 0 saturated carbocycles. The number of sulfonamides is 1. The molecule has 1 fully saturated rings. The molecular weight excluding hydrogens is 535 g/mol. The third kappa shape index (κ3) is 6.87. The molecule has 0 unspecified atom stereocenters. The lowest BCUT2D eigenvalue weighted by molar-refractivity contribution is -0.120. The summed E-state index contributed by atoms with van der Waals surface area (Å²) < 4.78 is 27.3. The monoisotopic (exact) mass is 560 g/mol. The second-order valence-corrected chi connectivity index (χ2v) is 11.5. The number of piperidine rings is 1. The van der Waals surface area contributed by atoms with E-state index in [1.54, 1.807) is 60.9 Å². The standard InChI is InChI=1S/C26H26Cl2N4O4S/c27-22-7-3-8-23(28)21(22)17-37(35,36)32-13-10-19(11-14-32)25(33)31-24-9-2-1-6-20(24)26(34)30-16-18-5-4-12-29-15-18/h1-9,12,15,19H,10-11,13-14,16-17H2,(H,30,34)(H,31,33). The summed E-state index contributed by atoms with van der Waals surface area (Å²) in [6.45, 7) is 0.715. The zero-order valence-corrected chi connectivity index (χ0v) is 22.2. The van der Waals surface area contributed by atoms with Crippen molar-refractivity contribution in [3.8, 4) is 0 Å². The predicted octanol–water partition coefficient (Wildman–Crippen LogP) is 4.50. The van der Waals surface area contributed by atoms with E-state index in [1.165, 1.54) is 4.31 Å². The molecule has 0 aliphatic carbocycles. The molecule has 2 N–H and O–H groups in total. The fourth-order valence-corrected chi connectivity index (χ4v) is 6.46. The number of rotatable bonds is 8. The van der Waals surface area contributed by atoms with E-state index in [2.05, 4.69) is 15.6 Å². The topological polar surface area (TPSA) is 108 Å². The Hall–Kier alpha value is -2.98. The van der Waals surface area contributed by atoms with E-state index in [0.717, 1.165) is 5.56 Å². The normalized spacial score (nSPS) is 14.8. The number of nitrogens with zero attached hydrogens (tertiary/aromatic N) is 2. The number of para-hydroxylation sites is 1. The van der Waals surface area contributed by atoms with Gasteiger partial charge in [-0.05, 0) is 48.7 Å². The Morgan fingerprint density at radius 3 is 2.35 bits per heavy atom. The Bertz CT molecular complexity index is 1360. The summed E-state index contributed by atoms with van der Waals surface area (Å²) >= 11 is 12.3. The van der Waals surface area contributed by atoms with Gasteiger partial charge in [-0.25, -0.2) is 12.7 Å². The second-order valence-electron chi connectivity index (χ2n) is 8.71. The van der Waals surface area contributed by atoms with Crippen LogP contribution in [0.1, 0.15) is 34.3 Å². The zero-order valence-electron chi connectivity index (χ0n) is 19.9. The summed E-state index contributed by atoms with van der Waals surface area (Å²) in [6, 6.07) is 15.3. The minimum absolute atomic E-state index is 0.204. The highest BCUT2D eigenvalue weighted by Crippen LogP contribution is 2.29. The molecule has 1 aliphatic rings. The lowest BCUT2D eigenvalue weighted by Crippen LogP contribution is -2.42. The van der Waals surface area contributed by atoms with Crippen molar-refractivity contribution in [2.45, 2.75) is 25.1 Å². The molecular formula is C26H26Cl2N4O4S. The highest BCUT2D eigenvalue weighted by Gasteiger charge is 2.32. The second kappa shape index (κ2) is 12.0. The van der Waals surface area contributed by atoms with E-state index >= 15 is 0 Å². The van der Waals surface area contributed by atoms with Crippen molar-refractivity contribution in [2.24, 2.45) is 5.92 Å². The molecule has 1 saturated heterocycles. The largest absolute Gasteiger partial charge is 0.348 e. The third-order valence-electron chi connectivity index (χ3n) is 6.21. The number of pyridine rings is 1. The van der Waals surface area contributed by atoms with Crippen LogP contribution in [0.3, 0.4) is 0 Å². The predicted molar refractivity (Wildman–Crippen MR) is 144 cm³/mol. The van der Waals surface area contributed by atoms with Gasteiger partial charge >= 0.3 is 0 Å². The van der Waals surface area contributed by atoms with Gasteiger partial charge in [0, 0.05) is 53.6 Å². The van der Waals surface area contributed by atoms with Gasteiger partial charge in [0.05, 0.1) is 17.0 Å². The Labute approximate surface area is 226 Å². The molecule has 2 heterocycles. The molecule has 11 heteroatoms. The molecule has 4 rings (SSSR count). The van der Waals surface area contributed by atoms with Gasteiger partial charge in [0.25, 0.3) is 5.91 Å². The molecule has 2 aromatic carbocycles. The number of carbonyl (C=O) groups excluding carboxylic acids is 2. The van der Waals surface area contributed by atoms with Crippen LogP contribution in [-0.4, -0.2) is 42.6 Å². The van der Waals surface area contributed by atoms with Gasteiger partial charge in [-0.1, -0.05) is 47.5 Å². The molecule has 0 bridgehead atoms. The smallest absolute Gasteiger partial charge is 0.253 e. The van der Waals surface area contributed by atoms with E-state index in [0.29, 0.717) is 46.2 Å². The van der Waals surface area contributed by atoms with E-state index in [1.807, 2.05) is 6.07 Å². The first-order valence-corrected chi connectivity index (χ1v) is 14.1. The fourth-order valence-electron chi connectivity index (χ4n) is 4.15. The maximum absolute atomic E-state index is 13.0. The molecule has 3 aromatic rings. The van der Waals surface area contributed by atoms with Gasteiger partial charge in [0.2, 0.25) is 15.9 Å². The number of anilines is 1. The number of aromatic nitrogens is 1. The van der Waals surface area contributed by atoms with Gasteiger partial charge in [0.1, 0.15) is 0 Å². The van der Waals surface area contributed by atoms with Gasteiger partial charge in [0.15, 0.2) is 0 Å². The van der Waals surface area contributed by atoms with Crippen LogP contribution in [0.5, 0.6) is 0 Å². The van der Waals surface area contributed by atoms with Crippen LogP contribution in [-0.2, 0) is 27.1 Å². The molecule has 1 aromatic heterocycles. The lowest BCUT2D eigenvalue weighted by Gasteiger charge is -2.31. The minimum Gasteiger partial charge on any atom is -0.348 e. The van der Waals surface area contributed by atoms with Crippen molar-refractivity contribution in [2.75, 3.05) is 18.4 Å². The van der Waals surface area contributed by atoms with Crippen LogP contribution < -0.4 is 10.6 Å². The SMILES string of the molecule is O=C(NCc1cccnc1)c1ccccc1NC(=O)C1CCN(S(=O)(=O)Cc2c(Cl)cccc2Cl)CC1. The van der Waals surface area contributed by atoms with E-state index in [4.69, 9.17) is 23.2 Å². The van der Waals surface area contributed by atoms with Crippen LogP contribution in [0.15, 0.2) is 67.0 Å². The highest BCUT2D eigenvalue weighted by atomic mass is 35.5. The molecule has 2 amide bonds. The molecule has 0 atom stereocenters. The van der Waals surface area contributed by atoms with E-state index in [-0.39, 0.29) is 36.6 Å². The molecule has 0 spiro atoms. The Balaban J connectivity index is 1.35. The third-order valence-corrected chi connectivity index (χ3v) is 8.73. The first kappa shape index (κ1) is 27.1. The molecule has 8 nitrogen and oxygen atoms in total. The van der Waals surface area contributed by atoms with Crippen molar-refractivity contribution in [1.82, 2.24) is 14.6 Å². The molecule has 194 valence electrons. The fraction of sp³-hybridized carbons (Fsp3) is 0.269. The number of carbonyl (C=O) groups is 2. The Morgan fingerprint density at radius 2 is 1.68 bits per heavy atom. The Kier molecular flexibility index (Phi) is 8.81. The summed E-state index contributed by atoms with van der Waals surface area (Å²) in [6.07, 6.45) is 4.04. The lowest BCUT2D eigenvalue weighted by atomic mass is 9.97. The summed E-state index contributed by atoms with van der Waals surface area (Å²) in [7, 11) is -3.66. The number of hydrogen-bond acceptors (Lipinski definition) is 5. The first-order chi connectivity index (χ1) is 17.7. The summed E-state index contributed by atoms with van der Waals surface area (Å²) in [5, 5.41) is 6.29. The van der Waals surface area contributed by atoms with Crippen LogP contribution in [0, 0.1) is 5.92 Å². The van der Waals surface area contributed by atoms with Gasteiger partial charge in [-0.15, -0.1) is 0 Å². The summed E-state index contributed by atoms with van der Waals surface area (Å²) in [5.74, 6) is -1.26. The molecule has 0 radical (unpaired) electrons. The van der Waals surface area contributed by atoms with Crippen molar-refractivity contribution in [3.63, 3.8) is 0 Å². The summed E-state index contributed by atoms with van der Waals surface area (Å²) in [5.41, 5.74) is 1.97. The maximum atomic E-state index is 13.0. The van der Waals surface area contributed by atoms with Crippen molar-refractivity contribution in [1.29, 1.82) is 0 Å². The molecule has 1 aliphatic heterocycles. The quantitative estimate of drug-likeness (QED) is 0.421. The van der Waals surface area contributed by atoms with Crippen LogP contribution in [0.4, 0.5) is 5.69 Å². The van der Waals surface area contributed by atoms with Gasteiger partial charge < -0.3 is 10.6 Å². The highest BCUT2D eigenvalue weighted by molar-refractivity contribution is 7.88. The maximum Gasteiger partial charge on any atom is 0.253 e. The van der Waals surface area contributed by atoms with Crippen LogP contribution in [0.2, 0.25) is 10.0 Å². The van der Waals surface area contributed by atoms with Crippen molar-refractivity contribution >= 4 is 50.7 Å². The van der Waals surface area contributed by atoms with Gasteiger partial charge in [-0.3, -0.25) is 14.6 Å². The average molecular weight is 561 g/mol. The number of halogens is 2. The first-order valence-electron chi connectivity index (χ1n) is 11.7. The Morgan fingerprint density at radius 1 is 0.973 bits per heavy atom. The van der Waals surface area contributed by atoms with Crippen LogP contribution in [0.25, 0.3) is 0 Å². The van der Waals surface area contributed by atoms with Gasteiger partial charge in [-0.2, -0.15) is 0 Å². The van der Waals surface area contributed by atoms with Crippen molar-refractivity contribution in [3.05, 3.63) is 93.7 Å². The average Bonchev–Trinajstić information content (AvgIpc) is 2.90. The zero-order chi connectivity index (χ0) is 26.4. The number of amides is 2. The number of nitrogens with one attached hydrogen (secondary N) is 2. The van der Waals surface area contributed by atoms with Crippen molar-refractivity contribution < 1.29 is 18.0 Å². The van der Waals surface area contributed by atoms with Crippen LogP contribution >= 0.6 is 23.2 Å². The minimum atomic E-state index is -3.66. The number of benzene rings is 2. The van der Waals surface area contributed by atoms with E-state index < -0.39 is 10.0 Å². The molecule has 37 heavy (non-hydrogen) atoms. The van der Waals surface area contributed by atoms with E-state index in [9.17, 15) is 18.0 Å².